The molecular formula is C25H28N4O3. The number of piperazine rings is 1. The molecule has 166 valence electrons. The van der Waals surface area contributed by atoms with Gasteiger partial charge in [-0.3, -0.25) is 9.69 Å². The lowest BCUT2D eigenvalue weighted by molar-refractivity contribution is 0.0940. The van der Waals surface area contributed by atoms with Crippen molar-refractivity contribution >= 4 is 11.6 Å². The fourth-order valence-electron chi connectivity index (χ4n) is 4.39. The van der Waals surface area contributed by atoms with Gasteiger partial charge in [0.25, 0.3) is 5.91 Å². The van der Waals surface area contributed by atoms with Crippen LogP contribution in [0.2, 0.25) is 0 Å². The molecule has 7 nitrogen and oxygen atoms in total. The van der Waals surface area contributed by atoms with Crippen LogP contribution < -0.4 is 15.0 Å². The highest BCUT2D eigenvalue weighted by atomic mass is 16.5. The third-order valence-corrected chi connectivity index (χ3v) is 6.19. The van der Waals surface area contributed by atoms with Gasteiger partial charge in [-0.05, 0) is 44.2 Å². The fourth-order valence-corrected chi connectivity index (χ4v) is 4.39. The largest absolute Gasteiger partial charge is 0.488 e. The van der Waals surface area contributed by atoms with Crippen LogP contribution in [0.15, 0.2) is 53.1 Å². The fraction of sp³-hybridized carbons (Fsp3) is 0.360. The van der Waals surface area contributed by atoms with E-state index in [2.05, 4.69) is 50.6 Å². The number of nitrogens with zero attached hydrogens (tertiary/aromatic N) is 3. The van der Waals surface area contributed by atoms with Gasteiger partial charge >= 0.3 is 0 Å². The van der Waals surface area contributed by atoms with Gasteiger partial charge in [-0.1, -0.05) is 35.0 Å². The first-order valence-electron chi connectivity index (χ1n) is 11.2. The van der Waals surface area contributed by atoms with Crippen LogP contribution in [0.3, 0.4) is 0 Å². The van der Waals surface area contributed by atoms with Gasteiger partial charge in [0.2, 0.25) is 0 Å². The Hall–Kier alpha value is -3.32. The van der Waals surface area contributed by atoms with Crippen molar-refractivity contribution in [1.82, 2.24) is 15.4 Å². The van der Waals surface area contributed by atoms with Crippen LogP contribution in [0.1, 0.15) is 28.0 Å². The molecule has 0 aliphatic carbocycles. The highest BCUT2D eigenvalue weighted by Crippen LogP contribution is 2.39. The van der Waals surface area contributed by atoms with E-state index in [9.17, 15) is 4.79 Å². The number of hydrogen-bond acceptors (Lipinski definition) is 6. The van der Waals surface area contributed by atoms with Crippen LogP contribution >= 0.6 is 0 Å². The van der Waals surface area contributed by atoms with Crippen molar-refractivity contribution in [2.24, 2.45) is 0 Å². The average Bonchev–Trinajstić information content (AvgIpc) is 3.27. The molecule has 1 saturated heterocycles. The van der Waals surface area contributed by atoms with Crippen LogP contribution in [0, 0.1) is 6.92 Å². The molecular weight excluding hydrogens is 404 g/mol. The summed E-state index contributed by atoms with van der Waals surface area (Å²) in [6, 6.07) is 16.5. The Morgan fingerprint density at radius 2 is 1.91 bits per heavy atom. The number of carbonyl (C=O) groups excluding carboxylic acids is 1. The molecule has 0 unspecified atom stereocenters. The maximum Gasteiger partial charge on any atom is 0.273 e. The summed E-state index contributed by atoms with van der Waals surface area (Å²) in [6.45, 7) is 8.02. The Labute approximate surface area is 187 Å². The number of hydrogen-bond donors (Lipinski definition) is 1. The summed E-state index contributed by atoms with van der Waals surface area (Å²) in [5, 5.41) is 7.04. The van der Waals surface area contributed by atoms with E-state index in [1.807, 2.05) is 25.1 Å². The van der Waals surface area contributed by atoms with E-state index in [0.717, 1.165) is 61.6 Å². The first kappa shape index (κ1) is 20.6. The van der Waals surface area contributed by atoms with Gasteiger partial charge in [0.05, 0.1) is 11.1 Å². The minimum Gasteiger partial charge on any atom is -0.488 e. The van der Waals surface area contributed by atoms with Crippen LogP contribution in [-0.2, 0) is 6.61 Å². The molecule has 1 amide bonds. The highest BCUT2D eigenvalue weighted by molar-refractivity contribution is 5.95. The molecule has 1 fully saturated rings. The number of para-hydroxylation sites is 1. The molecule has 0 bridgehead atoms. The van der Waals surface area contributed by atoms with E-state index < -0.39 is 0 Å². The number of carbonyl (C=O) groups is 1. The summed E-state index contributed by atoms with van der Waals surface area (Å²) >= 11 is 0. The number of ether oxygens (including phenoxy) is 1. The Morgan fingerprint density at radius 3 is 2.72 bits per heavy atom. The molecule has 1 aromatic heterocycles. The van der Waals surface area contributed by atoms with Crippen LogP contribution in [0.4, 0.5) is 5.69 Å². The van der Waals surface area contributed by atoms with Crippen molar-refractivity contribution in [1.29, 1.82) is 0 Å². The number of benzene rings is 2. The van der Waals surface area contributed by atoms with Gasteiger partial charge in [-0.15, -0.1) is 0 Å². The van der Waals surface area contributed by atoms with E-state index >= 15 is 0 Å². The topological polar surface area (TPSA) is 70.8 Å². The molecule has 1 N–H and O–H groups in total. The van der Waals surface area contributed by atoms with Crippen molar-refractivity contribution in [2.45, 2.75) is 20.0 Å². The molecule has 0 spiro atoms. The Balaban J connectivity index is 1.10. The molecule has 32 heavy (non-hydrogen) atoms. The second-order valence-corrected chi connectivity index (χ2v) is 8.40. The van der Waals surface area contributed by atoms with Crippen molar-refractivity contribution < 1.29 is 14.1 Å². The monoisotopic (exact) mass is 432 g/mol. The van der Waals surface area contributed by atoms with E-state index in [0.29, 0.717) is 24.6 Å². The van der Waals surface area contributed by atoms with Crippen LogP contribution in [0.25, 0.3) is 11.3 Å². The molecule has 5 rings (SSSR count). The lowest BCUT2D eigenvalue weighted by Gasteiger charge is -2.36. The lowest BCUT2D eigenvalue weighted by Crippen LogP contribution is -2.47. The van der Waals surface area contributed by atoms with Gasteiger partial charge in [0.1, 0.15) is 12.4 Å². The van der Waals surface area contributed by atoms with Crippen molar-refractivity contribution in [3.8, 4) is 17.1 Å². The SMILES string of the molecule is Cc1ccc2c(c1)-c1onc(C(=O)NCCCN3CCN(c4ccccc4)CC3)c1CO2. The smallest absolute Gasteiger partial charge is 0.273 e. The lowest BCUT2D eigenvalue weighted by atomic mass is 10.0. The zero-order valence-electron chi connectivity index (χ0n) is 18.3. The summed E-state index contributed by atoms with van der Waals surface area (Å²) in [6.07, 6.45) is 0.898. The predicted octanol–water partition coefficient (Wildman–Crippen LogP) is 3.48. The second kappa shape index (κ2) is 9.04. The standard InChI is InChI=1S/C25H28N4O3/c1-18-8-9-22-20(16-18)24-21(17-31-22)23(27-32-24)25(30)26-10-5-11-28-12-14-29(15-13-28)19-6-3-2-4-7-19/h2-4,6-9,16H,5,10-15,17H2,1H3,(H,26,30). The number of aryl methyl sites for hydroxylation is 1. The molecule has 0 saturated carbocycles. The molecule has 0 atom stereocenters. The molecule has 0 radical (unpaired) electrons. The molecule has 2 aliphatic rings. The first-order valence-corrected chi connectivity index (χ1v) is 11.2. The number of anilines is 1. The summed E-state index contributed by atoms with van der Waals surface area (Å²) in [7, 11) is 0. The van der Waals surface area contributed by atoms with Crippen molar-refractivity contribution in [2.75, 3.05) is 44.2 Å². The van der Waals surface area contributed by atoms with Crippen molar-refractivity contribution in [3.63, 3.8) is 0 Å². The van der Waals surface area contributed by atoms with Crippen LogP contribution in [0.5, 0.6) is 5.75 Å². The minimum atomic E-state index is -0.205. The van der Waals surface area contributed by atoms with E-state index in [4.69, 9.17) is 9.26 Å². The summed E-state index contributed by atoms with van der Waals surface area (Å²) in [4.78, 5) is 17.6. The third-order valence-electron chi connectivity index (χ3n) is 6.19. The Bertz CT molecular complexity index is 1090. The van der Waals surface area contributed by atoms with Gasteiger partial charge in [0, 0.05) is 38.4 Å². The molecule has 2 aromatic carbocycles. The summed E-state index contributed by atoms with van der Waals surface area (Å²) in [5.41, 5.74) is 4.29. The second-order valence-electron chi connectivity index (χ2n) is 8.40. The maximum atomic E-state index is 12.7. The molecule has 7 heteroatoms. The molecule has 2 aliphatic heterocycles. The zero-order valence-corrected chi connectivity index (χ0v) is 18.3. The number of rotatable bonds is 6. The third kappa shape index (κ3) is 4.21. The summed E-state index contributed by atoms with van der Waals surface area (Å²) < 4.78 is 11.3. The maximum absolute atomic E-state index is 12.7. The van der Waals surface area contributed by atoms with Gasteiger partial charge in [-0.25, -0.2) is 0 Å². The average molecular weight is 433 g/mol. The minimum absolute atomic E-state index is 0.205. The normalized spacial score (nSPS) is 15.6. The van der Waals surface area contributed by atoms with E-state index in [1.54, 1.807) is 0 Å². The number of nitrogens with one attached hydrogen (secondary N) is 1. The zero-order chi connectivity index (χ0) is 21.9. The van der Waals surface area contributed by atoms with Gasteiger partial charge in [0.15, 0.2) is 11.5 Å². The Kier molecular flexibility index (Phi) is 5.81. The Morgan fingerprint density at radius 1 is 1.09 bits per heavy atom. The number of amides is 1. The quantitative estimate of drug-likeness (QED) is 0.602. The van der Waals surface area contributed by atoms with Crippen LogP contribution in [-0.4, -0.2) is 55.2 Å². The highest BCUT2D eigenvalue weighted by Gasteiger charge is 2.28. The first-order chi connectivity index (χ1) is 15.7. The molecule has 3 heterocycles. The number of fused-ring (bicyclic) bond motifs is 3. The summed E-state index contributed by atoms with van der Waals surface area (Å²) in [5.74, 6) is 1.19. The van der Waals surface area contributed by atoms with E-state index in [-0.39, 0.29) is 5.91 Å². The van der Waals surface area contributed by atoms with Gasteiger partial charge in [-0.2, -0.15) is 0 Å². The predicted molar refractivity (Wildman–Crippen MR) is 123 cm³/mol. The molecule has 3 aromatic rings. The van der Waals surface area contributed by atoms with Gasteiger partial charge < -0.3 is 19.5 Å². The van der Waals surface area contributed by atoms with Crippen molar-refractivity contribution in [3.05, 3.63) is 65.4 Å². The number of aromatic nitrogens is 1. The van der Waals surface area contributed by atoms with E-state index in [1.165, 1.54) is 5.69 Å².